The fourth-order valence-corrected chi connectivity index (χ4v) is 4.39. The van der Waals surface area contributed by atoms with E-state index in [-0.39, 0.29) is 16.7 Å². The molecule has 0 radical (unpaired) electrons. The molecule has 1 N–H and O–H groups in total. The van der Waals surface area contributed by atoms with Gasteiger partial charge in [0.15, 0.2) is 9.84 Å². The van der Waals surface area contributed by atoms with E-state index in [1.165, 1.54) is 0 Å². The highest BCUT2D eigenvalue weighted by atomic mass is 35.5. The molecule has 106 valence electrons. The fraction of sp³-hybridized carbons (Fsp3) is 0.571. The first-order valence-electron chi connectivity index (χ1n) is 6.75. The van der Waals surface area contributed by atoms with Crippen molar-refractivity contribution in [2.45, 2.75) is 37.1 Å². The van der Waals surface area contributed by atoms with Crippen LogP contribution in [0, 0.1) is 5.92 Å². The normalized spacial score (nSPS) is 17.4. The molecule has 3 nitrogen and oxygen atoms in total. The van der Waals surface area contributed by atoms with Crippen molar-refractivity contribution >= 4 is 21.4 Å². The van der Waals surface area contributed by atoms with Gasteiger partial charge >= 0.3 is 0 Å². The highest BCUT2D eigenvalue weighted by Crippen LogP contribution is 2.34. The molecule has 1 saturated carbocycles. The van der Waals surface area contributed by atoms with E-state index in [0.717, 1.165) is 25.8 Å². The van der Waals surface area contributed by atoms with Crippen LogP contribution in [0.4, 0.5) is 0 Å². The second-order valence-electron chi connectivity index (χ2n) is 5.11. The fourth-order valence-electron chi connectivity index (χ4n) is 2.21. The molecule has 1 aliphatic carbocycles. The monoisotopic (exact) mass is 301 g/mol. The van der Waals surface area contributed by atoms with Gasteiger partial charge in [0.1, 0.15) is 0 Å². The third kappa shape index (κ3) is 3.94. The first-order chi connectivity index (χ1) is 9.04. The molecule has 0 heterocycles. The maximum Gasteiger partial charge on any atom is 0.181 e. The lowest BCUT2D eigenvalue weighted by Gasteiger charge is -2.18. The summed E-state index contributed by atoms with van der Waals surface area (Å²) < 4.78 is 24.9. The van der Waals surface area contributed by atoms with Crippen LogP contribution in [0.5, 0.6) is 0 Å². The zero-order valence-corrected chi connectivity index (χ0v) is 12.7. The lowest BCUT2D eigenvalue weighted by Crippen LogP contribution is -2.38. The first kappa shape index (κ1) is 14.8. The van der Waals surface area contributed by atoms with Gasteiger partial charge < -0.3 is 5.32 Å². The average Bonchev–Trinajstić information content (AvgIpc) is 3.19. The molecule has 1 aliphatic rings. The van der Waals surface area contributed by atoms with Gasteiger partial charge in [0.25, 0.3) is 0 Å². The van der Waals surface area contributed by atoms with E-state index < -0.39 is 9.84 Å². The average molecular weight is 302 g/mol. The molecule has 1 unspecified atom stereocenters. The van der Waals surface area contributed by atoms with Crippen LogP contribution in [0.2, 0.25) is 5.02 Å². The maximum atomic E-state index is 12.4. The molecule has 0 amide bonds. The van der Waals surface area contributed by atoms with Crippen LogP contribution < -0.4 is 5.32 Å². The third-order valence-corrected chi connectivity index (χ3v) is 5.68. The van der Waals surface area contributed by atoms with E-state index in [2.05, 4.69) is 12.2 Å². The summed E-state index contributed by atoms with van der Waals surface area (Å²) in [5.74, 6) is 0.644. The second kappa shape index (κ2) is 6.25. The predicted molar refractivity (Wildman–Crippen MR) is 78.3 cm³/mol. The summed E-state index contributed by atoms with van der Waals surface area (Å²) in [4.78, 5) is 0.251. The Morgan fingerprint density at radius 1 is 1.37 bits per heavy atom. The van der Waals surface area contributed by atoms with Crippen molar-refractivity contribution in [1.29, 1.82) is 0 Å². The molecule has 0 spiro atoms. The molecule has 1 fully saturated rings. The van der Waals surface area contributed by atoms with Crippen LogP contribution in [-0.4, -0.2) is 26.8 Å². The number of hydrogen-bond acceptors (Lipinski definition) is 3. The van der Waals surface area contributed by atoms with E-state index in [0.29, 0.717) is 10.9 Å². The predicted octanol–water partition coefficient (Wildman–Crippen LogP) is 2.89. The standard InChI is InChI=1S/C14H20ClNO2S/c1-2-9-16-13(11-7-8-11)10-19(17,18)14-6-4-3-5-12(14)15/h3-6,11,13,16H,2,7-10H2,1H3. The minimum atomic E-state index is -3.32. The lowest BCUT2D eigenvalue weighted by atomic mass is 10.2. The molecular weight excluding hydrogens is 282 g/mol. The molecule has 0 saturated heterocycles. The van der Waals surface area contributed by atoms with Gasteiger partial charge in [-0.3, -0.25) is 0 Å². The Kier molecular flexibility index (Phi) is 4.87. The molecule has 2 rings (SSSR count). The van der Waals surface area contributed by atoms with Crippen molar-refractivity contribution < 1.29 is 8.42 Å². The molecule has 1 atom stereocenters. The van der Waals surface area contributed by atoms with Crippen molar-refractivity contribution in [1.82, 2.24) is 5.32 Å². The van der Waals surface area contributed by atoms with Crippen molar-refractivity contribution in [2.24, 2.45) is 5.92 Å². The Morgan fingerprint density at radius 2 is 2.05 bits per heavy atom. The summed E-state index contributed by atoms with van der Waals surface area (Å²) in [6.45, 7) is 2.94. The summed E-state index contributed by atoms with van der Waals surface area (Å²) in [7, 11) is -3.32. The zero-order valence-electron chi connectivity index (χ0n) is 11.1. The SMILES string of the molecule is CCCNC(CS(=O)(=O)c1ccccc1Cl)C1CC1. The van der Waals surface area contributed by atoms with Crippen LogP contribution in [0.3, 0.4) is 0 Å². The smallest absolute Gasteiger partial charge is 0.181 e. The Balaban J connectivity index is 2.13. The molecule has 1 aromatic carbocycles. The molecule has 0 bridgehead atoms. The largest absolute Gasteiger partial charge is 0.313 e. The third-order valence-electron chi connectivity index (χ3n) is 3.42. The molecule has 1 aromatic rings. The number of hydrogen-bond donors (Lipinski definition) is 1. The lowest BCUT2D eigenvalue weighted by molar-refractivity contribution is 0.489. The van der Waals surface area contributed by atoms with E-state index in [9.17, 15) is 8.42 Å². The number of halogens is 1. The topological polar surface area (TPSA) is 46.2 Å². The molecule has 5 heteroatoms. The van der Waals surface area contributed by atoms with Crippen LogP contribution in [-0.2, 0) is 9.84 Å². The second-order valence-corrected chi connectivity index (χ2v) is 7.52. The highest BCUT2D eigenvalue weighted by Gasteiger charge is 2.34. The van der Waals surface area contributed by atoms with E-state index in [1.807, 2.05) is 0 Å². The van der Waals surface area contributed by atoms with Gasteiger partial charge in [-0.25, -0.2) is 8.42 Å². The summed E-state index contributed by atoms with van der Waals surface area (Å²) in [5, 5.41) is 3.67. The summed E-state index contributed by atoms with van der Waals surface area (Å²) in [5.41, 5.74) is 0. The zero-order chi connectivity index (χ0) is 13.9. The Hall–Kier alpha value is -0.580. The van der Waals surface area contributed by atoms with Gasteiger partial charge in [-0.05, 0) is 43.9 Å². The first-order valence-corrected chi connectivity index (χ1v) is 8.78. The maximum absolute atomic E-state index is 12.4. The van der Waals surface area contributed by atoms with E-state index in [4.69, 9.17) is 11.6 Å². The highest BCUT2D eigenvalue weighted by molar-refractivity contribution is 7.91. The minimum Gasteiger partial charge on any atom is -0.313 e. The Labute approximate surface area is 120 Å². The number of rotatable bonds is 7. The number of nitrogens with one attached hydrogen (secondary N) is 1. The van der Waals surface area contributed by atoms with Crippen LogP contribution >= 0.6 is 11.6 Å². The van der Waals surface area contributed by atoms with Crippen LogP contribution in [0.15, 0.2) is 29.2 Å². The number of benzene rings is 1. The van der Waals surface area contributed by atoms with Gasteiger partial charge in [0, 0.05) is 6.04 Å². The molecule has 0 aliphatic heterocycles. The van der Waals surface area contributed by atoms with Crippen molar-refractivity contribution in [2.75, 3.05) is 12.3 Å². The van der Waals surface area contributed by atoms with Gasteiger partial charge in [-0.1, -0.05) is 30.7 Å². The summed E-state index contributed by atoms with van der Waals surface area (Å²) in [6.07, 6.45) is 3.26. The van der Waals surface area contributed by atoms with Crippen molar-refractivity contribution in [3.05, 3.63) is 29.3 Å². The van der Waals surface area contributed by atoms with Crippen LogP contribution in [0.1, 0.15) is 26.2 Å². The Morgan fingerprint density at radius 3 is 2.63 bits per heavy atom. The minimum absolute atomic E-state index is 0.0567. The molecule has 0 aromatic heterocycles. The van der Waals surface area contributed by atoms with Gasteiger partial charge in [-0.2, -0.15) is 0 Å². The van der Waals surface area contributed by atoms with Gasteiger partial charge in [-0.15, -0.1) is 0 Å². The summed E-state index contributed by atoms with van der Waals surface area (Å²) >= 11 is 5.99. The van der Waals surface area contributed by atoms with Gasteiger partial charge in [0.05, 0.1) is 15.7 Å². The van der Waals surface area contributed by atoms with E-state index >= 15 is 0 Å². The molecule has 19 heavy (non-hydrogen) atoms. The Bertz CT molecular complexity index is 526. The number of sulfone groups is 1. The quantitative estimate of drug-likeness (QED) is 0.842. The van der Waals surface area contributed by atoms with Crippen molar-refractivity contribution in [3.8, 4) is 0 Å². The van der Waals surface area contributed by atoms with Crippen molar-refractivity contribution in [3.63, 3.8) is 0 Å². The summed E-state index contributed by atoms with van der Waals surface area (Å²) in [6, 6.07) is 6.72. The molecular formula is C14H20ClNO2S. The van der Waals surface area contributed by atoms with E-state index in [1.54, 1.807) is 24.3 Å². The van der Waals surface area contributed by atoms with Crippen LogP contribution in [0.25, 0.3) is 0 Å². The van der Waals surface area contributed by atoms with Gasteiger partial charge in [0.2, 0.25) is 0 Å².